The van der Waals surface area contributed by atoms with Gasteiger partial charge in [0.25, 0.3) is 0 Å². The fourth-order valence-electron chi connectivity index (χ4n) is 1.17. The van der Waals surface area contributed by atoms with Gasteiger partial charge in [0.15, 0.2) is 0 Å². The third-order valence-corrected chi connectivity index (χ3v) is 1.96. The molecule has 0 N–H and O–H groups in total. The number of rotatable bonds is 0. The van der Waals surface area contributed by atoms with E-state index in [1.54, 1.807) is 0 Å². The zero-order valence-electron chi connectivity index (χ0n) is 5.88. The Morgan fingerprint density at radius 3 is 2.11 bits per heavy atom. The van der Waals surface area contributed by atoms with Crippen LogP contribution >= 0.6 is 0 Å². The smallest absolute Gasteiger partial charge is 0.138 e. The fourth-order valence-corrected chi connectivity index (χ4v) is 1.17. The van der Waals surface area contributed by atoms with Crippen LogP contribution in [-0.2, 0) is 4.79 Å². The molecular weight excluding hydrogens is 140 g/mol. The molecule has 1 fully saturated rings. The van der Waals surface area contributed by atoms with Gasteiger partial charge in [0.1, 0.15) is 5.78 Å². The van der Waals surface area contributed by atoms with Gasteiger partial charge in [-0.25, -0.2) is 0 Å². The van der Waals surface area contributed by atoms with E-state index in [4.69, 9.17) is 0 Å². The Bertz CT molecular complexity index is 118. The van der Waals surface area contributed by atoms with Gasteiger partial charge in [-0.3, -0.25) is 4.79 Å². The second-order valence-corrected chi connectivity index (χ2v) is 3.16. The zero-order valence-corrected chi connectivity index (χ0v) is 6.59. The number of hydrogen-bond donors (Lipinski definition) is 0. The van der Waals surface area contributed by atoms with Gasteiger partial charge in [0.2, 0.25) is 0 Å². The molecule has 0 bridgehead atoms. The topological polar surface area (TPSA) is 17.1 Å². The zero-order chi connectivity index (χ0) is 6.20. The normalized spacial score (nSPS) is 23.6. The van der Waals surface area contributed by atoms with Crippen LogP contribution in [0.3, 0.4) is 0 Å². The summed E-state index contributed by atoms with van der Waals surface area (Å²) in [6.45, 7) is 4.06. The molecule has 54 valence electrons. The van der Waals surface area contributed by atoms with Crippen molar-refractivity contribution in [3.63, 3.8) is 0 Å². The average molecular weight is 152 g/mol. The van der Waals surface area contributed by atoms with Gasteiger partial charge >= 0.3 is 0 Å². The summed E-state index contributed by atoms with van der Waals surface area (Å²) in [6, 6.07) is 0. The van der Waals surface area contributed by atoms with Crippen molar-refractivity contribution in [1.29, 1.82) is 0 Å². The molecule has 2 heteroatoms. The Kier molecular flexibility index (Phi) is 3.71. The Morgan fingerprint density at radius 2 is 2.00 bits per heavy atom. The van der Waals surface area contributed by atoms with Gasteiger partial charge < -0.3 is 0 Å². The summed E-state index contributed by atoms with van der Waals surface area (Å²) < 4.78 is 0. The molecule has 0 heterocycles. The first-order chi connectivity index (χ1) is 3.63. The Morgan fingerprint density at radius 1 is 1.44 bits per heavy atom. The monoisotopic (exact) mass is 152 g/mol. The number of ketones is 1. The van der Waals surface area contributed by atoms with Crippen LogP contribution in [0.1, 0.15) is 33.1 Å². The summed E-state index contributed by atoms with van der Waals surface area (Å²) in [4.78, 5) is 10.9. The molecule has 1 rings (SSSR count). The third kappa shape index (κ3) is 2.21. The minimum Gasteiger partial charge on any atom is -0.299 e. The first-order valence-corrected chi connectivity index (χ1v) is 3.16. The van der Waals surface area contributed by atoms with E-state index in [0.717, 1.165) is 19.3 Å². The molecule has 9 heavy (non-hydrogen) atoms. The molecule has 1 aliphatic rings. The molecule has 0 aromatic carbocycles. The predicted molar refractivity (Wildman–Crippen MR) is 32.6 cm³/mol. The van der Waals surface area contributed by atoms with Crippen molar-refractivity contribution in [3.05, 3.63) is 0 Å². The molecule has 0 aromatic heterocycles. The molecule has 1 saturated carbocycles. The van der Waals surface area contributed by atoms with E-state index >= 15 is 0 Å². The van der Waals surface area contributed by atoms with Crippen LogP contribution in [0.5, 0.6) is 0 Å². The first-order valence-electron chi connectivity index (χ1n) is 3.16. The van der Waals surface area contributed by atoms with Crippen LogP contribution in [0.25, 0.3) is 0 Å². The number of carbonyl (C=O) groups is 1. The van der Waals surface area contributed by atoms with Gasteiger partial charge in [-0.1, -0.05) is 13.8 Å². The molecule has 0 aliphatic heterocycles. The third-order valence-electron chi connectivity index (χ3n) is 1.96. The van der Waals surface area contributed by atoms with E-state index in [2.05, 4.69) is 0 Å². The first kappa shape index (κ1) is 9.93. The Labute approximate surface area is 86.2 Å². The molecule has 1 aliphatic carbocycles. The largest absolute Gasteiger partial charge is 0.299 e. The fraction of sp³-hybridized carbons (Fsp3) is 0.857. The summed E-state index contributed by atoms with van der Waals surface area (Å²) in [7, 11) is 0. The van der Waals surface area contributed by atoms with Crippen molar-refractivity contribution in [3.8, 4) is 0 Å². The summed E-state index contributed by atoms with van der Waals surface area (Å²) >= 11 is 0. The summed E-state index contributed by atoms with van der Waals surface area (Å²) in [5, 5.41) is 0. The number of carbonyl (C=O) groups excluding carboxylic acids is 1. The molecule has 0 amide bonds. The quantitative estimate of drug-likeness (QED) is 0.517. The van der Waals surface area contributed by atoms with Gasteiger partial charge in [0, 0.05) is 49.6 Å². The maximum atomic E-state index is 10.9. The maximum absolute atomic E-state index is 10.9. The van der Waals surface area contributed by atoms with Crippen LogP contribution in [0, 0.1) is 43.2 Å². The SMILES string of the molecule is CC1(C)CCCC1=O.[Ar]. The minimum atomic E-state index is 0. The average Bonchev–Trinajstić information content (AvgIpc) is 1.86. The van der Waals surface area contributed by atoms with Crippen LogP contribution in [0.15, 0.2) is 0 Å². The van der Waals surface area contributed by atoms with Crippen molar-refractivity contribution in [2.75, 3.05) is 0 Å². The number of Topliss-reactive ketones (excluding diaryl/α,β-unsaturated/α-hetero) is 1. The van der Waals surface area contributed by atoms with Crippen molar-refractivity contribution >= 4 is 5.78 Å². The van der Waals surface area contributed by atoms with Crippen molar-refractivity contribution in [2.24, 2.45) is 5.41 Å². The minimum absolute atomic E-state index is 0. The summed E-state index contributed by atoms with van der Waals surface area (Å²) in [5.41, 5.74) is 0.0139. The Hall–Kier alpha value is 0.930. The summed E-state index contributed by atoms with van der Waals surface area (Å²) in [6.07, 6.45) is 3.00. The molecule has 0 saturated heterocycles. The van der Waals surface area contributed by atoms with Gasteiger partial charge in [-0.05, 0) is 12.8 Å². The summed E-state index contributed by atoms with van der Waals surface area (Å²) in [5.74, 6) is 0.442. The van der Waals surface area contributed by atoms with Crippen molar-refractivity contribution < 1.29 is 42.5 Å². The van der Waals surface area contributed by atoms with Gasteiger partial charge in [-0.2, -0.15) is 0 Å². The standard InChI is InChI=1S/C7H12O.Ar/c1-7(2)5-3-4-6(7)8;/h3-5H2,1-2H3;. The van der Waals surface area contributed by atoms with E-state index in [1.807, 2.05) is 13.8 Å². The van der Waals surface area contributed by atoms with E-state index < -0.39 is 0 Å². The van der Waals surface area contributed by atoms with Gasteiger partial charge in [0.05, 0.1) is 0 Å². The molecule has 0 radical (unpaired) electrons. The second kappa shape index (κ2) is 3.36. The predicted octanol–water partition coefficient (Wildman–Crippen LogP) is 1.77. The van der Waals surface area contributed by atoms with Crippen LogP contribution in [0.4, 0.5) is 0 Å². The van der Waals surface area contributed by atoms with E-state index in [1.165, 1.54) is 0 Å². The maximum Gasteiger partial charge on any atom is 0.138 e. The molecule has 1 nitrogen and oxygen atoms in total. The van der Waals surface area contributed by atoms with E-state index in [0.29, 0.717) is 5.78 Å². The molecular formula is C7H12ArO. The molecule has 0 unspecified atom stereocenters. The Balaban J connectivity index is 0.000000640. The van der Waals surface area contributed by atoms with Crippen LogP contribution < -0.4 is 0 Å². The molecule has 0 aromatic rings. The second-order valence-electron chi connectivity index (χ2n) is 3.16. The number of hydrogen-bond acceptors (Lipinski definition) is 1. The van der Waals surface area contributed by atoms with Crippen molar-refractivity contribution in [2.45, 2.75) is 33.1 Å². The van der Waals surface area contributed by atoms with E-state index in [9.17, 15) is 4.79 Å². The van der Waals surface area contributed by atoms with Crippen LogP contribution in [-0.4, -0.2) is 5.78 Å². The molecule has 0 atom stereocenters. The van der Waals surface area contributed by atoms with E-state index in [-0.39, 0.29) is 43.2 Å². The van der Waals surface area contributed by atoms with Gasteiger partial charge in [-0.15, -0.1) is 0 Å². The molecule has 0 spiro atoms. The van der Waals surface area contributed by atoms with Crippen LogP contribution in [0.2, 0.25) is 0 Å². The van der Waals surface area contributed by atoms with Crippen molar-refractivity contribution in [1.82, 2.24) is 0 Å².